The monoisotopic (exact) mass is 794 g/mol. The van der Waals surface area contributed by atoms with Gasteiger partial charge in [-0.3, -0.25) is 0 Å². The van der Waals surface area contributed by atoms with Crippen LogP contribution in [0.5, 0.6) is 0 Å². The normalized spacial score (nSPS) is 27.4. The van der Waals surface area contributed by atoms with Gasteiger partial charge in [-0.05, 0) is 77.5 Å². The Bertz CT molecular complexity index is 1730. The molecule has 0 aromatic carbocycles. The maximum absolute atomic E-state index is 13.8. The van der Waals surface area contributed by atoms with Crippen molar-refractivity contribution in [2.45, 2.75) is 74.9 Å². The van der Waals surface area contributed by atoms with Crippen LogP contribution in [0.1, 0.15) is 86.4 Å². The summed E-state index contributed by atoms with van der Waals surface area (Å²) in [4.78, 5) is 34.5. The molecule has 4 bridgehead atoms. The number of aliphatic hydroxyl groups is 2. The summed E-state index contributed by atoms with van der Waals surface area (Å²) < 4.78 is 49.8. The number of rotatable bonds is 18. The summed E-state index contributed by atoms with van der Waals surface area (Å²) >= 11 is 0. The lowest BCUT2D eigenvalue weighted by atomic mass is 9.85. The highest BCUT2D eigenvalue weighted by Gasteiger charge is 2.67. The lowest BCUT2D eigenvalue weighted by Gasteiger charge is -2.35. The number of fused-ring (bicyclic) bond motifs is 6. The summed E-state index contributed by atoms with van der Waals surface area (Å²) in [6, 6.07) is -3.91. The number of amides is 4. The van der Waals surface area contributed by atoms with Gasteiger partial charge in [-0.25, -0.2) is 9.59 Å². The van der Waals surface area contributed by atoms with Crippen LogP contribution in [0.2, 0.25) is 0 Å². The molecule has 22 nitrogen and oxygen atoms in total. The number of nitrogens with one attached hydrogen (secondary N) is 2. The lowest BCUT2D eigenvalue weighted by Crippen LogP contribution is -2.45. The number of carbonyl (C=O) groups is 2. The van der Waals surface area contributed by atoms with Crippen LogP contribution < -0.4 is 10.6 Å². The van der Waals surface area contributed by atoms with Crippen molar-refractivity contribution >= 4 is 22.5 Å². The van der Waals surface area contributed by atoms with Gasteiger partial charge in [-0.2, -0.15) is 18.5 Å². The maximum Gasteiger partial charge on any atom is 0.442 e. The number of nitrogens with zero attached hydrogens (tertiary/aromatic N) is 10. The molecule has 2 spiro atoms. The fourth-order valence-electron chi connectivity index (χ4n) is 8.37. The number of aromatic nitrogens is 4. The van der Waals surface area contributed by atoms with Gasteiger partial charge in [0.25, 0.3) is 0 Å². The van der Waals surface area contributed by atoms with Gasteiger partial charge in [-0.15, -0.1) is 29.0 Å². The van der Waals surface area contributed by atoms with Crippen LogP contribution in [-0.2, 0) is 19.0 Å². The Morgan fingerprint density at radius 3 is 1.51 bits per heavy atom. The second-order valence-corrected chi connectivity index (χ2v) is 17.4. The van der Waals surface area contributed by atoms with E-state index in [4.69, 9.17) is 17.4 Å². The quantitative estimate of drug-likeness (QED) is 0.136. The number of aliphatic hydroxyl groups excluding tert-OH is 2. The van der Waals surface area contributed by atoms with Crippen molar-refractivity contribution in [3.05, 3.63) is 23.6 Å². The number of carbonyl (C=O) groups excluding carboxylic acids is 2. The predicted octanol–water partition coefficient (Wildman–Crippen LogP) is -0.708. The van der Waals surface area contributed by atoms with Gasteiger partial charge in [0, 0.05) is 52.4 Å². The maximum atomic E-state index is 13.8. The SMILES string of the molecule is CN(C)CCNC[C@H](O)c1nnc([C@@H]2CC3(CC3)[C@@H]3CN2C(=O)N3OS(=O)(=O)ON2C(=O)N3C[C@H]2C2(CC2)C[C@H]3c2nnc([C@@H](O)CNCCN(C)C)o2)o1. The zero-order valence-corrected chi connectivity index (χ0v) is 32.2. The Morgan fingerprint density at radius 1 is 0.745 bits per heavy atom. The molecule has 55 heavy (non-hydrogen) atoms. The van der Waals surface area contributed by atoms with Crippen molar-refractivity contribution in [2.75, 3.05) is 80.5 Å². The summed E-state index contributed by atoms with van der Waals surface area (Å²) in [7, 11) is 2.81. The number of hydroxylamine groups is 4. The van der Waals surface area contributed by atoms with E-state index < -0.39 is 69.7 Å². The van der Waals surface area contributed by atoms with Gasteiger partial charge >= 0.3 is 22.5 Å². The minimum Gasteiger partial charge on any atom is -0.420 e. The molecule has 2 aromatic heterocycles. The van der Waals surface area contributed by atoms with E-state index in [1.807, 2.05) is 38.0 Å². The van der Waals surface area contributed by atoms with Crippen LogP contribution in [-0.4, -0.2) is 173 Å². The molecular formula is C32H50N12O10S. The fraction of sp³-hybridized carbons (Fsp3) is 0.812. The van der Waals surface area contributed by atoms with E-state index in [2.05, 4.69) is 31.0 Å². The Morgan fingerprint density at radius 2 is 1.15 bits per heavy atom. The van der Waals surface area contributed by atoms with Crippen LogP contribution in [0.15, 0.2) is 8.83 Å². The molecule has 4 amide bonds. The van der Waals surface area contributed by atoms with Crippen LogP contribution in [0.4, 0.5) is 9.59 Å². The van der Waals surface area contributed by atoms with Gasteiger partial charge in [0.2, 0.25) is 23.6 Å². The first kappa shape index (κ1) is 38.3. The van der Waals surface area contributed by atoms with E-state index >= 15 is 0 Å². The molecule has 4 aliphatic heterocycles. The standard InChI is InChI=1S/C32H50N12O10S/c1-39(2)11-9-33-15-21(45)27-37-35-25(51-27)19-13-31(5-6-31)23-17-41(19)29(47)43(23)53-55(49,50)54-44-24-18-42(30(44)48)20(14-32(24)7-8-32)26-36-38-28(52-26)22(46)16-34-10-12-40(3)4/h19-24,33-34,45-46H,5-18H2,1-4H3/t19-,20-,21-,22-,23-,24-/m0/s1. The molecule has 6 fully saturated rings. The molecule has 23 heteroatoms. The van der Waals surface area contributed by atoms with Gasteiger partial charge in [0.1, 0.15) is 24.3 Å². The molecule has 0 radical (unpaired) electrons. The molecule has 2 aliphatic carbocycles. The van der Waals surface area contributed by atoms with Gasteiger partial charge in [0.05, 0.1) is 12.1 Å². The molecule has 6 heterocycles. The van der Waals surface area contributed by atoms with E-state index in [0.29, 0.717) is 25.9 Å². The first-order valence-corrected chi connectivity index (χ1v) is 20.1. The van der Waals surface area contributed by atoms with Crippen molar-refractivity contribution in [3.63, 3.8) is 0 Å². The van der Waals surface area contributed by atoms with Gasteiger partial charge < -0.3 is 49.3 Å². The molecule has 6 aliphatic rings. The summed E-state index contributed by atoms with van der Waals surface area (Å²) in [6.07, 6.45) is 1.67. The van der Waals surface area contributed by atoms with Crippen molar-refractivity contribution < 1.29 is 45.6 Å². The van der Waals surface area contributed by atoms with E-state index in [0.717, 1.165) is 48.9 Å². The number of hydrogen-bond acceptors (Lipinski definition) is 18. The highest BCUT2D eigenvalue weighted by molar-refractivity contribution is 7.81. The molecule has 8 rings (SSSR count). The van der Waals surface area contributed by atoms with Crippen LogP contribution >= 0.6 is 0 Å². The topological polar surface area (TPSA) is 249 Å². The minimum atomic E-state index is -4.98. The highest BCUT2D eigenvalue weighted by Crippen LogP contribution is 2.63. The molecule has 4 N–H and O–H groups in total. The average molecular weight is 795 g/mol. The molecule has 2 aromatic rings. The molecule has 304 valence electrons. The highest BCUT2D eigenvalue weighted by atomic mass is 32.3. The summed E-state index contributed by atoms with van der Waals surface area (Å²) in [6.45, 7) is 3.57. The predicted molar refractivity (Wildman–Crippen MR) is 186 cm³/mol. The Hall–Kier alpha value is -3.55. The van der Waals surface area contributed by atoms with E-state index in [1.165, 1.54) is 9.80 Å². The van der Waals surface area contributed by atoms with Crippen LogP contribution in [0.3, 0.4) is 0 Å². The second kappa shape index (κ2) is 14.4. The van der Waals surface area contributed by atoms with Crippen LogP contribution in [0, 0.1) is 10.8 Å². The van der Waals surface area contributed by atoms with Gasteiger partial charge in [0.15, 0.2) is 0 Å². The summed E-state index contributed by atoms with van der Waals surface area (Å²) in [5.41, 5.74) is -0.890. The molecule has 6 atom stereocenters. The minimum absolute atomic E-state index is 0.0162. The largest absolute Gasteiger partial charge is 0.442 e. The summed E-state index contributed by atoms with van der Waals surface area (Å²) in [5.74, 6) is 0.327. The first-order chi connectivity index (χ1) is 26.2. The number of hydrogen-bond donors (Lipinski definition) is 4. The summed E-state index contributed by atoms with van der Waals surface area (Å²) in [5, 5.41) is 45.6. The van der Waals surface area contributed by atoms with E-state index in [9.17, 15) is 28.2 Å². The van der Waals surface area contributed by atoms with E-state index in [-0.39, 0.29) is 49.7 Å². The molecule has 0 unspecified atom stereocenters. The number of urea groups is 2. The van der Waals surface area contributed by atoms with E-state index in [1.54, 1.807) is 0 Å². The third kappa shape index (κ3) is 7.41. The third-order valence-corrected chi connectivity index (χ3v) is 12.6. The second-order valence-electron chi connectivity index (χ2n) is 16.3. The van der Waals surface area contributed by atoms with Crippen molar-refractivity contribution in [1.29, 1.82) is 0 Å². The third-order valence-electron chi connectivity index (χ3n) is 11.9. The molecule has 4 saturated heterocycles. The fourth-order valence-corrected chi connectivity index (χ4v) is 9.13. The first-order valence-electron chi connectivity index (χ1n) is 18.8. The van der Waals surface area contributed by atoms with Crippen molar-refractivity contribution in [1.82, 2.24) is 60.8 Å². The zero-order chi connectivity index (χ0) is 38.9. The van der Waals surface area contributed by atoms with Crippen LogP contribution in [0.25, 0.3) is 0 Å². The Kier molecular flexibility index (Phi) is 10.1. The zero-order valence-electron chi connectivity index (χ0n) is 31.4. The molecule has 2 saturated carbocycles. The Labute approximate surface area is 318 Å². The van der Waals surface area contributed by atoms with Gasteiger partial charge in [-0.1, -0.05) is 0 Å². The number of piperidine rings is 2. The average Bonchev–Trinajstić information content (AvgIpc) is 3.82. The Balaban J connectivity index is 0.917. The smallest absolute Gasteiger partial charge is 0.420 e. The van der Waals surface area contributed by atoms with Crippen molar-refractivity contribution in [2.24, 2.45) is 10.8 Å². The lowest BCUT2D eigenvalue weighted by molar-refractivity contribution is -0.101. The number of likely N-dealkylation sites (N-methyl/N-ethyl adjacent to an activating group) is 2. The molecular weight excluding hydrogens is 744 g/mol. The van der Waals surface area contributed by atoms with Crippen molar-refractivity contribution in [3.8, 4) is 0 Å².